The first-order valence-corrected chi connectivity index (χ1v) is 11.9. The highest BCUT2D eigenvalue weighted by atomic mass is 79.9. The van der Waals surface area contributed by atoms with E-state index in [0.717, 1.165) is 40.1 Å². The maximum atomic E-state index is 13.4. The van der Waals surface area contributed by atoms with Crippen LogP contribution in [0.2, 0.25) is 0 Å². The Morgan fingerprint density at radius 2 is 1.76 bits per heavy atom. The van der Waals surface area contributed by atoms with Crippen molar-refractivity contribution in [1.82, 2.24) is 4.57 Å². The van der Waals surface area contributed by atoms with Gasteiger partial charge in [-0.05, 0) is 66.9 Å². The van der Waals surface area contributed by atoms with Crippen molar-refractivity contribution >= 4 is 33.2 Å². The zero-order chi connectivity index (χ0) is 23.2. The van der Waals surface area contributed by atoms with E-state index in [1.54, 1.807) is 0 Å². The van der Waals surface area contributed by atoms with Crippen LogP contribution in [-0.4, -0.2) is 17.1 Å². The number of hydrogen-bond donors (Lipinski definition) is 0. The van der Waals surface area contributed by atoms with Gasteiger partial charge in [-0.3, -0.25) is 9.69 Å². The van der Waals surface area contributed by atoms with Crippen LogP contribution in [-0.2, 0) is 4.79 Å². The third-order valence-electron chi connectivity index (χ3n) is 6.51. The van der Waals surface area contributed by atoms with Crippen LogP contribution < -0.4 is 14.4 Å². The van der Waals surface area contributed by atoms with Crippen molar-refractivity contribution in [1.29, 1.82) is 5.26 Å². The number of hydrogen-bond acceptors (Lipinski definition) is 5. The number of ketones is 1. The number of ether oxygens (including phenoxy) is 2. The van der Waals surface area contributed by atoms with E-state index in [1.165, 1.54) is 0 Å². The molecular weight excluding hydrogens is 494 g/mol. The molecule has 1 atom stereocenters. The number of Topliss-reactive ketones (excluding diaryl/α,β-unsaturated/α-hetero) is 1. The molecule has 7 heteroatoms. The third kappa shape index (κ3) is 3.25. The van der Waals surface area contributed by atoms with Gasteiger partial charge in [-0.2, -0.15) is 5.26 Å². The van der Waals surface area contributed by atoms with Gasteiger partial charge in [0.25, 0.3) is 0 Å². The summed E-state index contributed by atoms with van der Waals surface area (Å²) in [6.07, 6.45) is 5.88. The molecule has 0 bridgehead atoms. The minimum atomic E-state index is -0.480. The lowest BCUT2D eigenvalue weighted by molar-refractivity contribution is -0.116. The van der Waals surface area contributed by atoms with E-state index in [0.29, 0.717) is 29.1 Å². The molecule has 0 saturated carbocycles. The Bertz CT molecular complexity index is 1400. The van der Waals surface area contributed by atoms with Crippen molar-refractivity contribution in [3.8, 4) is 17.6 Å². The van der Waals surface area contributed by atoms with Crippen molar-refractivity contribution in [2.45, 2.75) is 25.2 Å². The Morgan fingerprint density at radius 3 is 2.53 bits per heavy atom. The molecule has 0 saturated heterocycles. The van der Waals surface area contributed by atoms with Gasteiger partial charge in [-0.25, -0.2) is 0 Å². The monoisotopic (exact) mass is 513 g/mol. The summed E-state index contributed by atoms with van der Waals surface area (Å²) in [5.41, 5.74) is 3.92. The fourth-order valence-corrected chi connectivity index (χ4v) is 5.33. The van der Waals surface area contributed by atoms with Crippen LogP contribution >= 0.6 is 15.9 Å². The topological polar surface area (TPSA) is 67.5 Å². The van der Waals surface area contributed by atoms with Gasteiger partial charge >= 0.3 is 0 Å². The second kappa shape index (κ2) is 8.23. The second-order valence-electron chi connectivity index (χ2n) is 8.43. The van der Waals surface area contributed by atoms with Gasteiger partial charge in [0.05, 0.1) is 17.6 Å². The lowest BCUT2D eigenvalue weighted by Gasteiger charge is -2.41. The normalized spacial score (nSPS) is 19.4. The molecule has 0 radical (unpaired) electrons. The number of aromatic nitrogens is 1. The summed E-state index contributed by atoms with van der Waals surface area (Å²) in [5, 5.41) is 10.5. The van der Waals surface area contributed by atoms with Crippen LogP contribution in [0, 0.1) is 11.3 Å². The predicted octanol–water partition coefficient (Wildman–Crippen LogP) is 5.98. The lowest BCUT2D eigenvalue weighted by Crippen LogP contribution is -2.36. The molecule has 0 spiro atoms. The molecule has 3 aromatic rings. The first-order valence-electron chi connectivity index (χ1n) is 11.1. The third-order valence-corrected chi connectivity index (χ3v) is 7.04. The number of carbonyl (C=O) groups excluding carboxylic acids is 1. The first kappa shape index (κ1) is 20.8. The van der Waals surface area contributed by atoms with E-state index >= 15 is 0 Å². The molecule has 1 aromatic heterocycles. The number of rotatable bonds is 3. The van der Waals surface area contributed by atoms with Crippen LogP contribution in [0.5, 0.6) is 11.5 Å². The van der Waals surface area contributed by atoms with Crippen LogP contribution in [0.3, 0.4) is 0 Å². The maximum Gasteiger partial charge on any atom is 0.231 e. The number of nitriles is 1. The molecule has 2 aromatic carbocycles. The van der Waals surface area contributed by atoms with Gasteiger partial charge in [-0.15, -0.1) is 0 Å². The quantitative estimate of drug-likeness (QED) is 0.430. The summed E-state index contributed by atoms with van der Waals surface area (Å²) in [5.74, 6) is 1.66. The fraction of sp³-hybridized carbons (Fsp3) is 0.185. The van der Waals surface area contributed by atoms with E-state index in [9.17, 15) is 10.1 Å². The maximum absolute atomic E-state index is 13.4. The van der Waals surface area contributed by atoms with Gasteiger partial charge in [0.15, 0.2) is 17.3 Å². The summed E-state index contributed by atoms with van der Waals surface area (Å²) in [7, 11) is 0. The average Bonchev–Trinajstić information content (AvgIpc) is 3.55. The lowest BCUT2D eigenvalue weighted by atomic mass is 9.75. The second-order valence-corrected chi connectivity index (χ2v) is 9.35. The summed E-state index contributed by atoms with van der Waals surface area (Å²) in [6, 6.07) is 20.0. The number of fused-ring (bicyclic) bond motifs is 1. The van der Waals surface area contributed by atoms with E-state index in [2.05, 4.69) is 26.9 Å². The largest absolute Gasteiger partial charge is 0.454 e. The minimum absolute atomic E-state index is 0.0883. The van der Waals surface area contributed by atoms with Crippen molar-refractivity contribution < 1.29 is 14.3 Å². The van der Waals surface area contributed by atoms with Gasteiger partial charge < -0.3 is 14.0 Å². The predicted molar refractivity (Wildman–Crippen MR) is 131 cm³/mol. The number of halogens is 1. The molecule has 3 aliphatic rings. The van der Waals surface area contributed by atoms with E-state index in [1.807, 2.05) is 71.6 Å². The van der Waals surface area contributed by atoms with E-state index in [-0.39, 0.29) is 12.6 Å². The molecule has 168 valence electrons. The van der Waals surface area contributed by atoms with Crippen LogP contribution in [0.15, 0.2) is 88.3 Å². The van der Waals surface area contributed by atoms with Crippen molar-refractivity contribution in [3.63, 3.8) is 0 Å². The summed E-state index contributed by atoms with van der Waals surface area (Å²) < 4.78 is 14.0. The fourth-order valence-electron chi connectivity index (χ4n) is 5.07. The Hall–Kier alpha value is -3.76. The molecule has 0 N–H and O–H groups in total. The molecule has 1 aliphatic carbocycles. The average molecular weight is 514 g/mol. The van der Waals surface area contributed by atoms with E-state index in [4.69, 9.17) is 9.47 Å². The molecule has 34 heavy (non-hydrogen) atoms. The number of allylic oxidation sites excluding steroid dienone is 3. The molecule has 0 amide bonds. The molecule has 0 unspecified atom stereocenters. The van der Waals surface area contributed by atoms with Crippen molar-refractivity contribution in [3.05, 3.63) is 93.9 Å². The van der Waals surface area contributed by atoms with Gasteiger partial charge in [0.2, 0.25) is 6.79 Å². The van der Waals surface area contributed by atoms with Crippen molar-refractivity contribution in [2.75, 3.05) is 11.7 Å². The minimum Gasteiger partial charge on any atom is -0.454 e. The summed E-state index contributed by atoms with van der Waals surface area (Å²) in [4.78, 5) is 15.5. The Kier molecular flexibility index (Phi) is 5.04. The van der Waals surface area contributed by atoms with Gasteiger partial charge in [-0.1, -0.05) is 22.0 Å². The summed E-state index contributed by atoms with van der Waals surface area (Å²) >= 11 is 3.52. The SMILES string of the molecule is N#CC1=C(n2cccc2)N(c2ccc(Br)cc2)C2=C(C(=O)CCC2)[C@@H]1c1ccc2c(c1)OCO2. The highest BCUT2D eigenvalue weighted by Crippen LogP contribution is 2.50. The molecule has 3 heterocycles. The standard InChI is InChI=1S/C27H20BrN3O3/c28-18-7-9-19(10-8-18)31-21-4-3-5-22(32)26(21)25(17-6-11-23-24(14-17)34-16-33-23)20(15-29)27(31)30-12-1-2-13-30/h1-2,6-14,25H,3-5,16H2/t25-/m1/s1. The Balaban J connectivity index is 1.64. The first-order chi connectivity index (χ1) is 16.7. The number of nitrogens with zero attached hydrogens (tertiary/aromatic N) is 3. The smallest absolute Gasteiger partial charge is 0.231 e. The van der Waals surface area contributed by atoms with Crippen LogP contribution in [0.25, 0.3) is 5.82 Å². The zero-order valence-corrected chi connectivity index (χ0v) is 19.8. The summed E-state index contributed by atoms with van der Waals surface area (Å²) in [6.45, 7) is 0.170. The number of benzene rings is 2. The molecule has 0 fully saturated rings. The molecular formula is C27H20BrN3O3. The van der Waals surface area contributed by atoms with Crippen LogP contribution in [0.1, 0.15) is 30.7 Å². The zero-order valence-electron chi connectivity index (χ0n) is 18.2. The van der Waals surface area contributed by atoms with Gasteiger partial charge in [0, 0.05) is 40.2 Å². The number of carbonyl (C=O) groups is 1. The Morgan fingerprint density at radius 1 is 1.00 bits per heavy atom. The van der Waals surface area contributed by atoms with E-state index < -0.39 is 5.92 Å². The Labute approximate surface area is 205 Å². The van der Waals surface area contributed by atoms with Gasteiger partial charge in [0.1, 0.15) is 5.82 Å². The number of anilines is 1. The molecule has 6 rings (SSSR count). The van der Waals surface area contributed by atoms with Crippen molar-refractivity contribution in [2.24, 2.45) is 0 Å². The molecule has 2 aliphatic heterocycles. The van der Waals surface area contributed by atoms with Crippen LogP contribution in [0.4, 0.5) is 5.69 Å². The molecule has 6 nitrogen and oxygen atoms in total. The highest BCUT2D eigenvalue weighted by molar-refractivity contribution is 9.10. The highest BCUT2D eigenvalue weighted by Gasteiger charge is 2.42.